The summed E-state index contributed by atoms with van der Waals surface area (Å²) in [5.74, 6) is -1.94. The molecule has 2 unspecified atom stereocenters. The van der Waals surface area contributed by atoms with Crippen LogP contribution in [0.3, 0.4) is 0 Å². The molecule has 100 valence electrons. The van der Waals surface area contributed by atoms with Crippen molar-refractivity contribution in [3.8, 4) is 0 Å². The number of fused-ring (bicyclic) bond motifs is 1. The van der Waals surface area contributed by atoms with Crippen LogP contribution in [0.25, 0.3) is 0 Å². The van der Waals surface area contributed by atoms with Gasteiger partial charge in [0.05, 0.1) is 0 Å². The normalized spacial score (nSPS) is 29.9. The number of nitrogens with zero attached hydrogens (tertiary/aromatic N) is 1. The summed E-state index contributed by atoms with van der Waals surface area (Å²) in [5.41, 5.74) is 13.8. The van der Waals surface area contributed by atoms with E-state index < -0.39 is 15.9 Å². The molecule has 1 aromatic rings. The molecule has 1 heterocycles. The number of nitrogens with two attached hydrogens (primary N) is 2. The molecular formula is C10H17N5O3. The van der Waals surface area contributed by atoms with Crippen LogP contribution in [0.15, 0.2) is 24.3 Å². The number of para-hydroxylation sites is 2. The maximum absolute atomic E-state index is 12.6. The Kier molecular flexibility index (Phi) is 3.36. The first kappa shape index (κ1) is 13.3. The van der Waals surface area contributed by atoms with Gasteiger partial charge in [0, 0.05) is 12.1 Å². The third kappa shape index (κ3) is 2.11. The van der Waals surface area contributed by atoms with Crippen LogP contribution >= 0.6 is 0 Å². The van der Waals surface area contributed by atoms with E-state index in [4.69, 9.17) is 16.3 Å². The van der Waals surface area contributed by atoms with Crippen LogP contribution in [0.5, 0.6) is 0 Å². The fourth-order valence-corrected chi connectivity index (χ4v) is 1.82. The van der Waals surface area contributed by atoms with Crippen LogP contribution in [0.2, 0.25) is 0 Å². The smallest absolute Gasteiger partial charge is 0.315 e. The van der Waals surface area contributed by atoms with Gasteiger partial charge in [-0.25, -0.2) is 11.5 Å². The SMILES string of the molecule is CCCO[N+]1([O-])NC(N)(N)[NH+]([O-])c2ccccc21. The van der Waals surface area contributed by atoms with Crippen LogP contribution in [0.1, 0.15) is 13.3 Å². The first-order chi connectivity index (χ1) is 8.41. The molecule has 1 aromatic carbocycles. The molecule has 0 aliphatic carbocycles. The number of hydrogen-bond donors (Lipinski definition) is 4. The number of hydrogen-bond acceptors (Lipinski definition) is 6. The van der Waals surface area contributed by atoms with Crippen LogP contribution < -0.4 is 26.9 Å². The van der Waals surface area contributed by atoms with Gasteiger partial charge in [-0.3, -0.25) is 5.06 Å². The van der Waals surface area contributed by atoms with Crippen molar-refractivity contribution in [2.45, 2.75) is 19.3 Å². The number of benzene rings is 1. The highest BCUT2D eigenvalue weighted by Crippen LogP contribution is 2.30. The Balaban J connectivity index is 2.46. The maximum Gasteiger partial charge on any atom is 0.315 e. The van der Waals surface area contributed by atoms with Gasteiger partial charge in [-0.15, -0.1) is 0 Å². The monoisotopic (exact) mass is 255 g/mol. The molecular weight excluding hydrogens is 238 g/mol. The Morgan fingerprint density at radius 1 is 1.44 bits per heavy atom. The highest BCUT2D eigenvalue weighted by atomic mass is 17.0. The minimum absolute atomic E-state index is 0.155. The number of nitrogens with one attached hydrogen (secondary N) is 2. The molecule has 0 saturated carbocycles. The summed E-state index contributed by atoms with van der Waals surface area (Å²) in [6, 6.07) is 6.31. The summed E-state index contributed by atoms with van der Waals surface area (Å²) < 4.78 is 0. The fraction of sp³-hybridized carbons (Fsp3) is 0.400. The predicted octanol–water partition coefficient (Wildman–Crippen LogP) is -1.11. The van der Waals surface area contributed by atoms with Gasteiger partial charge in [0.15, 0.2) is 0 Å². The predicted molar refractivity (Wildman–Crippen MR) is 66.1 cm³/mol. The van der Waals surface area contributed by atoms with Gasteiger partial charge in [-0.1, -0.05) is 24.0 Å². The third-order valence-electron chi connectivity index (χ3n) is 2.65. The quantitative estimate of drug-likeness (QED) is 0.308. The standard InChI is InChI=1S/C10H17N5O3/c1-2-7-18-15(17)9-6-4-3-5-8(9)14(16)10(11,12)13-15/h3-6,13-14H,2,7,11-12H2,1H3. The number of hydroxylamine groups is 1. The van der Waals surface area contributed by atoms with E-state index in [0.29, 0.717) is 6.42 Å². The average molecular weight is 255 g/mol. The van der Waals surface area contributed by atoms with Gasteiger partial charge in [-0.05, 0) is 11.8 Å². The van der Waals surface area contributed by atoms with Crippen molar-refractivity contribution < 1.29 is 9.90 Å². The lowest BCUT2D eigenvalue weighted by Crippen LogP contribution is -3.22. The van der Waals surface area contributed by atoms with E-state index in [2.05, 4.69) is 5.43 Å². The van der Waals surface area contributed by atoms with Gasteiger partial charge in [0.2, 0.25) is 11.4 Å². The second-order valence-corrected chi connectivity index (χ2v) is 4.21. The molecule has 0 radical (unpaired) electrons. The van der Waals surface area contributed by atoms with Crippen molar-refractivity contribution in [2.75, 3.05) is 6.61 Å². The molecule has 8 nitrogen and oxygen atoms in total. The zero-order chi connectivity index (χ0) is 13.4. The van der Waals surface area contributed by atoms with Gasteiger partial charge >= 0.3 is 5.91 Å². The van der Waals surface area contributed by atoms with Gasteiger partial charge in [-0.2, -0.15) is 4.84 Å². The minimum atomic E-state index is -1.94. The number of rotatable bonds is 3. The highest BCUT2D eigenvalue weighted by molar-refractivity contribution is 5.60. The second kappa shape index (κ2) is 4.53. The molecule has 0 saturated heterocycles. The Labute approximate surface area is 104 Å². The maximum atomic E-state index is 12.6. The topological polar surface area (TPSA) is 124 Å². The summed E-state index contributed by atoms with van der Waals surface area (Å²) in [4.78, 5) is 3.83. The lowest BCUT2D eigenvalue weighted by atomic mass is 10.2. The van der Waals surface area contributed by atoms with E-state index in [1.807, 2.05) is 6.92 Å². The lowest BCUT2D eigenvalue weighted by molar-refractivity contribution is -0.853. The van der Waals surface area contributed by atoms with Gasteiger partial charge < -0.3 is 10.4 Å². The molecule has 0 bridgehead atoms. The van der Waals surface area contributed by atoms with Crippen molar-refractivity contribution in [1.29, 1.82) is 0 Å². The van der Waals surface area contributed by atoms with E-state index in [1.54, 1.807) is 12.1 Å². The molecule has 8 heteroatoms. The minimum Gasteiger partial charge on any atom is -0.625 e. The van der Waals surface area contributed by atoms with Crippen molar-refractivity contribution in [1.82, 2.24) is 10.3 Å². The second-order valence-electron chi connectivity index (χ2n) is 4.21. The van der Waals surface area contributed by atoms with Crippen LogP contribution in [-0.4, -0.2) is 12.5 Å². The molecule has 2 rings (SSSR count). The van der Waals surface area contributed by atoms with Crippen molar-refractivity contribution in [3.63, 3.8) is 0 Å². The molecule has 0 amide bonds. The lowest BCUT2D eigenvalue weighted by Gasteiger charge is -2.49. The summed E-state index contributed by atoms with van der Waals surface area (Å²) in [6.45, 7) is 2.08. The average Bonchev–Trinajstić information content (AvgIpc) is 2.34. The van der Waals surface area contributed by atoms with E-state index >= 15 is 0 Å². The zero-order valence-electron chi connectivity index (χ0n) is 10.1. The molecule has 2 atom stereocenters. The Morgan fingerprint density at radius 2 is 2.11 bits per heavy atom. The van der Waals surface area contributed by atoms with E-state index in [1.165, 1.54) is 12.1 Å². The van der Waals surface area contributed by atoms with Crippen molar-refractivity contribution >= 4 is 11.4 Å². The molecule has 1 aliphatic heterocycles. The molecule has 18 heavy (non-hydrogen) atoms. The molecule has 0 fully saturated rings. The summed E-state index contributed by atoms with van der Waals surface area (Å²) in [6.07, 6.45) is 0.655. The fourth-order valence-electron chi connectivity index (χ4n) is 1.82. The largest absolute Gasteiger partial charge is 0.625 e. The molecule has 6 N–H and O–H groups in total. The first-order valence-electron chi connectivity index (χ1n) is 5.67. The van der Waals surface area contributed by atoms with Crippen molar-refractivity contribution in [2.24, 2.45) is 11.5 Å². The molecule has 0 spiro atoms. The van der Waals surface area contributed by atoms with Crippen LogP contribution in [0.4, 0.5) is 11.4 Å². The van der Waals surface area contributed by atoms with E-state index in [0.717, 1.165) is 0 Å². The summed E-state index contributed by atoms with van der Waals surface area (Å²) in [7, 11) is 0. The van der Waals surface area contributed by atoms with E-state index in [9.17, 15) is 10.4 Å². The first-order valence-corrected chi connectivity index (χ1v) is 5.67. The zero-order valence-corrected chi connectivity index (χ0v) is 10.1. The molecule has 1 aliphatic rings. The van der Waals surface area contributed by atoms with E-state index in [-0.39, 0.29) is 18.0 Å². The molecule has 0 aromatic heterocycles. The number of quaternary nitrogens is 2. The van der Waals surface area contributed by atoms with Crippen molar-refractivity contribution in [3.05, 3.63) is 34.7 Å². The highest BCUT2D eigenvalue weighted by Gasteiger charge is 2.47. The van der Waals surface area contributed by atoms with Crippen LogP contribution in [0, 0.1) is 10.4 Å². The van der Waals surface area contributed by atoms with Crippen LogP contribution in [-0.2, 0) is 4.84 Å². The summed E-state index contributed by atoms with van der Waals surface area (Å²) >= 11 is 0. The third-order valence-corrected chi connectivity index (χ3v) is 2.65. The Bertz CT molecular complexity index is 441. The van der Waals surface area contributed by atoms with Gasteiger partial charge in [0.1, 0.15) is 6.61 Å². The van der Waals surface area contributed by atoms with Gasteiger partial charge in [0.25, 0.3) is 0 Å². The summed E-state index contributed by atoms with van der Waals surface area (Å²) in [5, 5.41) is 24.0. The Morgan fingerprint density at radius 3 is 2.78 bits per heavy atom. The Hall–Kier alpha value is -1.10.